The van der Waals surface area contributed by atoms with Crippen LogP contribution in [0.1, 0.15) is 5.56 Å². The first-order valence-electron chi connectivity index (χ1n) is 7.11. The maximum Gasteiger partial charge on any atom is 0.0487 e. The molecule has 0 radical (unpaired) electrons. The second-order valence-corrected chi connectivity index (χ2v) is 4.87. The van der Waals surface area contributed by atoms with Crippen molar-refractivity contribution in [1.29, 1.82) is 0 Å². The van der Waals surface area contributed by atoms with Gasteiger partial charge >= 0.3 is 0 Å². The largest absolute Gasteiger partial charge is 0.321 e. The topological polar surface area (TPSA) is 24.1 Å². The Morgan fingerprint density at radius 3 is 2.00 bits per heavy atom. The summed E-state index contributed by atoms with van der Waals surface area (Å²) in [5.74, 6) is 0. The van der Waals surface area contributed by atoms with Crippen LogP contribution in [0.15, 0.2) is 84.9 Å². The number of hydrogen-bond donors (Lipinski definition) is 2. The third kappa shape index (κ3) is 3.50. The third-order valence-electron chi connectivity index (χ3n) is 3.39. The molecule has 0 aliphatic carbocycles. The molecule has 3 rings (SSSR count). The standard InChI is InChI=1S/C19H18N2/c1-3-9-16(10-4-1)19-14-8-7-11-17(19)15-20-21-18-12-5-2-6-13-18/h1-14,20-21H,15H2. The van der Waals surface area contributed by atoms with E-state index in [0.29, 0.717) is 0 Å². The molecule has 0 amide bonds. The van der Waals surface area contributed by atoms with Crippen LogP contribution in [-0.2, 0) is 6.54 Å². The Kier molecular flexibility index (Phi) is 4.30. The number of hydrazine groups is 1. The molecule has 0 aromatic heterocycles. The molecule has 2 heteroatoms. The van der Waals surface area contributed by atoms with Crippen LogP contribution in [0.2, 0.25) is 0 Å². The number of nitrogens with one attached hydrogen (secondary N) is 2. The third-order valence-corrected chi connectivity index (χ3v) is 3.39. The summed E-state index contributed by atoms with van der Waals surface area (Å²) in [6.45, 7) is 0.764. The zero-order valence-electron chi connectivity index (χ0n) is 11.8. The van der Waals surface area contributed by atoms with Crippen molar-refractivity contribution >= 4 is 5.69 Å². The van der Waals surface area contributed by atoms with Crippen LogP contribution in [0.5, 0.6) is 0 Å². The van der Waals surface area contributed by atoms with Crippen LogP contribution < -0.4 is 10.9 Å². The van der Waals surface area contributed by atoms with Crippen LogP contribution in [0.25, 0.3) is 11.1 Å². The van der Waals surface area contributed by atoms with E-state index >= 15 is 0 Å². The van der Waals surface area contributed by atoms with Crippen molar-refractivity contribution < 1.29 is 0 Å². The lowest BCUT2D eigenvalue weighted by Gasteiger charge is -2.12. The average molecular weight is 274 g/mol. The van der Waals surface area contributed by atoms with Gasteiger partial charge in [0.05, 0.1) is 0 Å². The van der Waals surface area contributed by atoms with E-state index < -0.39 is 0 Å². The minimum absolute atomic E-state index is 0.764. The smallest absolute Gasteiger partial charge is 0.0487 e. The summed E-state index contributed by atoms with van der Waals surface area (Å²) < 4.78 is 0. The van der Waals surface area contributed by atoms with Gasteiger partial charge in [-0.1, -0.05) is 72.8 Å². The number of benzene rings is 3. The first kappa shape index (κ1) is 13.4. The molecule has 0 saturated carbocycles. The molecule has 0 atom stereocenters. The molecule has 2 N–H and O–H groups in total. The van der Waals surface area contributed by atoms with Gasteiger partial charge in [0.25, 0.3) is 0 Å². The Bertz CT molecular complexity index is 678. The highest BCUT2D eigenvalue weighted by molar-refractivity contribution is 5.67. The minimum Gasteiger partial charge on any atom is -0.321 e. The van der Waals surface area contributed by atoms with Crippen molar-refractivity contribution in [2.45, 2.75) is 6.54 Å². The molecule has 2 nitrogen and oxygen atoms in total. The molecule has 0 aliphatic rings. The van der Waals surface area contributed by atoms with Gasteiger partial charge in [-0.05, 0) is 28.8 Å². The van der Waals surface area contributed by atoms with E-state index in [9.17, 15) is 0 Å². The van der Waals surface area contributed by atoms with E-state index in [-0.39, 0.29) is 0 Å². The lowest BCUT2D eigenvalue weighted by molar-refractivity contribution is 0.803. The van der Waals surface area contributed by atoms with E-state index in [1.54, 1.807) is 0 Å². The van der Waals surface area contributed by atoms with Crippen LogP contribution in [0, 0.1) is 0 Å². The van der Waals surface area contributed by atoms with Crippen molar-refractivity contribution in [2.24, 2.45) is 0 Å². The summed E-state index contributed by atoms with van der Waals surface area (Å²) in [4.78, 5) is 0. The van der Waals surface area contributed by atoms with Gasteiger partial charge in [0, 0.05) is 12.2 Å². The summed E-state index contributed by atoms with van der Waals surface area (Å²) in [5.41, 5.74) is 11.3. The molecule has 21 heavy (non-hydrogen) atoms. The lowest BCUT2D eigenvalue weighted by atomic mass is 10.00. The summed E-state index contributed by atoms with van der Waals surface area (Å²) in [7, 11) is 0. The quantitative estimate of drug-likeness (QED) is 0.671. The maximum absolute atomic E-state index is 3.28. The number of rotatable bonds is 5. The first-order chi connectivity index (χ1) is 10.4. The van der Waals surface area contributed by atoms with Gasteiger partial charge in [0.1, 0.15) is 0 Å². The first-order valence-corrected chi connectivity index (χ1v) is 7.11. The summed E-state index contributed by atoms with van der Waals surface area (Å²) in [5, 5.41) is 0. The SMILES string of the molecule is c1ccc(NNCc2ccccc2-c2ccccc2)cc1. The van der Waals surface area contributed by atoms with Gasteiger partial charge in [0.2, 0.25) is 0 Å². The van der Waals surface area contributed by atoms with E-state index in [2.05, 4.69) is 59.4 Å². The van der Waals surface area contributed by atoms with E-state index in [1.807, 2.05) is 36.4 Å². The van der Waals surface area contributed by atoms with Gasteiger partial charge < -0.3 is 5.43 Å². The van der Waals surface area contributed by atoms with E-state index in [0.717, 1.165) is 12.2 Å². The summed E-state index contributed by atoms with van der Waals surface area (Å²) >= 11 is 0. The van der Waals surface area contributed by atoms with Crippen molar-refractivity contribution in [3.8, 4) is 11.1 Å². The van der Waals surface area contributed by atoms with Crippen molar-refractivity contribution in [1.82, 2.24) is 5.43 Å². The molecule has 3 aromatic carbocycles. The predicted molar refractivity (Wildman–Crippen MR) is 88.8 cm³/mol. The van der Waals surface area contributed by atoms with Crippen LogP contribution in [-0.4, -0.2) is 0 Å². The fourth-order valence-electron chi connectivity index (χ4n) is 2.34. The molecule has 0 spiro atoms. The molecular weight excluding hydrogens is 256 g/mol. The van der Waals surface area contributed by atoms with Crippen molar-refractivity contribution in [3.63, 3.8) is 0 Å². The number of hydrogen-bond acceptors (Lipinski definition) is 2. The Morgan fingerprint density at radius 1 is 0.619 bits per heavy atom. The normalized spacial score (nSPS) is 10.3. The Balaban J connectivity index is 1.71. The van der Waals surface area contributed by atoms with Crippen LogP contribution >= 0.6 is 0 Å². The van der Waals surface area contributed by atoms with E-state index in [1.165, 1.54) is 16.7 Å². The monoisotopic (exact) mass is 274 g/mol. The zero-order chi connectivity index (χ0) is 14.3. The maximum atomic E-state index is 3.28. The molecular formula is C19H18N2. The average Bonchev–Trinajstić information content (AvgIpc) is 2.57. The second-order valence-electron chi connectivity index (χ2n) is 4.87. The van der Waals surface area contributed by atoms with Gasteiger partial charge in [-0.15, -0.1) is 0 Å². The number of para-hydroxylation sites is 1. The minimum atomic E-state index is 0.764. The van der Waals surface area contributed by atoms with Gasteiger partial charge in [-0.2, -0.15) is 0 Å². The number of anilines is 1. The highest BCUT2D eigenvalue weighted by atomic mass is 15.3. The lowest BCUT2D eigenvalue weighted by Crippen LogP contribution is -2.21. The molecule has 0 heterocycles. The zero-order valence-corrected chi connectivity index (χ0v) is 11.8. The van der Waals surface area contributed by atoms with Gasteiger partial charge in [-0.25, -0.2) is 5.43 Å². The molecule has 0 unspecified atom stereocenters. The highest BCUT2D eigenvalue weighted by Crippen LogP contribution is 2.23. The predicted octanol–water partition coefficient (Wildman–Crippen LogP) is 4.47. The molecule has 0 fully saturated rings. The summed E-state index contributed by atoms with van der Waals surface area (Å²) in [6.07, 6.45) is 0. The van der Waals surface area contributed by atoms with Crippen molar-refractivity contribution in [3.05, 3.63) is 90.5 Å². The fourth-order valence-corrected chi connectivity index (χ4v) is 2.34. The molecule has 104 valence electrons. The molecule has 0 aliphatic heterocycles. The fraction of sp³-hybridized carbons (Fsp3) is 0.0526. The van der Waals surface area contributed by atoms with Gasteiger partial charge in [-0.3, -0.25) is 0 Å². The Labute approximate surface area is 125 Å². The molecule has 0 bridgehead atoms. The second kappa shape index (κ2) is 6.73. The Hall–Kier alpha value is -2.58. The van der Waals surface area contributed by atoms with Gasteiger partial charge in [0.15, 0.2) is 0 Å². The van der Waals surface area contributed by atoms with Crippen LogP contribution in [0.3, 0.4) is 0 Å². The van der Waals surface area contributed by atoms with Crippen LogP contribution in [0.4, 0.5) is 5.69 Å². The van der Waals surface area contributed by atoms with E-state index in [4.69, 9.17) is 0 Å². The molecule has 0 saturated heterocycles. The highest BCUT2D eigenvalue weighted by Gasteiger charge is 2.03. The Morgan fingerprint density at radius 2 is 1.24 bits per heavy atom. The van der Waals surface area contributed by atoms with Crippen molar-refractivity contribution in [2.75, 3.05) is 5.43 Å². The summed E-state index contributed by atoms with van der Waals surface area (Å²) in [6, 6.07) is 29.1. The molecule has 3 aromatic rings.